The number of ether oxygens (including phenoxy) is 1. The molecule has 3 rings (SSSR count). The summed E-state index contributed by atoms with van der Waals surface area (Å²) < 4.78 is 5.43. The third-order valence-corrected chi connectivity index (χ3v) is 5.81. The van der Waals surface area contributed by atoms with Crippen molar-refractivity contribution in [2.75, 3.05) is 22.6 Å². The number of hydrogen-bond donors (Lipinski definition) is 3. The molecule has 0 aliphatic heterocycles. The first-order valence-electron chi connectivity index (χ1n) is 10.4. The van der Waals surface area contributed by atoms with Crippen molar-refractivity contribution in [2.24, 2.45) is 0 Å². The van der Waals surface area contributed by atoms with Crippen LogP contribution in [0.5, 0.6) is 5.75 Å². The van der Waals surface area contributed by atoms with E-state index in [4.69, 9.17) is 17.0 Å². The van der Waals surface area contributed by atoms with Gasteiger partial charge in [0, 0.05) is 22.0 Å². The highest BCUT2D eigenvalue weighted by atomic mass is 32.2. The second kappa shape index (κ2) is 11.5. The third kappa shape index (κ3) is 7.28. The second-order valence-corrected chi connectivity index (χ2v) is 9.00. The molecule has 166 valence electrons. The number of aryl methyl sites for hydroxylation is 1. The van der Waals surface area contributed by atoms with Gasteiger partial charge in [-0.2, -0.15) is 0 Å². The Balaban J connectivity index is 1.54. The predicted octanol–water partition coefficient (Wildman–Crippen LogP) is 6.32. The fourth-order valence-corrected chi connectivity index (χ4v) is 4.04. The molecule has 0 radical (unpaired) electrons. The van der Waals surface area contributed by atoms with E-state index in [9.17, 15) is 4.79 Å². The van der Waals surface area contributed by atoms with Crippen LogP contribution in [0.25, 0.3) is 0 Å². The van der Waals surface area contributed by atoms with Crippen molar-refractivity contribution in [3.63, 3.8) is 0 Å². The molecule has 0 spiro atoms. The summed E-state index contributed by atoms with van der Waals surface area (Å²) in [5, 5.41) is 9.56. The first kappa shape index (κ1) is 23.6. The van der Waals surface area contributed by atoms with E-state index >= 15 is 0 Å². The number of thioether (sulfide) groups is 1. The van der Waals surface area contributed by atoms with E-state index in [0.717, 1.165) is 27.7 Å². The highest BCUT2D eigenvalue weighted by Gasteiger charge is 2.15. The Morgan fingerprint density at radius 2 is 1.56 bits per heavy atom. The summed E-state index contributed by atoms with van der Waals surface area (Å²) in [4.78, 5) is 13.6. The van der Waals surface area contributed by atoms with Crippen LogP contribution in [0.2, 0.25) is 0 Å². The lowest BCUT2D eigenvalue weighted by molar-refractivity contribution is -0.115. The van der Waals surface area contributed by atoms with Gasteiger partial charge in [-0.05, 0) is 87.6 Å². The molecule has 7 heteroatoms. The van der Waals surface area contributed by atoms with Gasteiger partial charge in [0.05, 0.1) is 11.9 Å². The van der Waals surface area contributed by atoms with Gasteiger partial charge in [0.15, 0.2) is 5.11 Å². The summed E-state index contributed by atoms with van der Waals surface area (Å²) in [5.41, 5.74) is 3.73. The number of carbonyl (C=O) groups is 1. The van der Waals surface area contributed by atoms with Gasteiger partial charge in [-0.25, -0.2) is 0 Å². The Morgan fingerprint density at radius 1 is 0.938 bits per heavy atom. The molecule has 32 heavy (non-hydrogen) atoms. The molecule has 3 N–H and O–H groups in total. The minimum absolute atomic E-state index is 0.0610. The quantitative estimate of drug-likeness (QED) is 0.267. The molecule has 1 amide bonds. The van der Waals surface area contributed by atoms with Gasteiger partial charge in [0.2, 0.25) is 5.91 Å². The Kier molecular flexibility index (Phi) is 8.53. The van der Waals surface area contributed by atoms with E-state index in [2.05, 4.69) is 16.0 Å². The van der Waals surface area contributed by atoms with Gasteiger partial charge in [-0.3, -0.25) is 4.79 Å². The molecule has 0 aliphatic carbocycles. The zero-order valence-corrected chi connectivity index (χ0v) is 20.0. The van der Waals surface area contributed by atoms with Gasteiger partial charge >= 0.3 is 0 Å². The van der Waals surface area contributed by atoms with E-state index in [1.807, 2.05) is 93.6 Å². The normalized spacial score (nSPS) is 11.3. The Morgan fingerprint density at radius 3 is 2.25 bits per heavy atom. The highest BCUT2D eigenvalue weighted by molar-refractivity contribution is 8.00. The van der Waals surface area contributed by atoms with Gasteiger partial charge in [-0.15, -0.1) is 11.8 Å². The number of anilines is 3. The van der Waals surface area contributed by atoms with Crippen molar-refractivity contribution in [3.05, 3.63) is 78.4 Å². The Hall–Kier alpha value is -3.03. The summed E-state index contributed by atoms with van der Waals surface area (Å²) in [5.74, 6) is 0.723. The molecule has 3 aromatic rings. The van der Waals surface area contributed by atoms with Gasteiger partial charge < -0.3 is 20.7 Å². The van der Waals surface area contributed by atoms with Crippen LogP contribution < -0.4 is 20.7 Å². The molecule has 0 aromatic heterocycles. The lowest BCUT2D eigenvalue weighted by atomic mass is 10.2. The van der Waals surface area contributed by atoms with E-state index in [1.54, 1.807) is 0 Å². The molecular formula is C25H27N3O2S2. The number of carbonyl (C=O) groups excluding carboxylic acids is 1. The third-order valence-electron chi connectivity index (χ3n) is 4.52. The van der Waals surface area contributed by atoms with Crippen LogP contribution in [-0.4, -0.2) is 22.9 Å². The predicted molar refractivity (Wildman–Crippen MR) is 139 cm³/mol. The van der Waals surface area contributed by atoms with Crippen molar-refractivity contribution < 1.29 is 9.53 Å². The average Bonchev–Trinajstić information content (AvgIpc) is 2.77. The fourth-order valence-electron chi connectivity index (χ4n) is 2.88. The van der Waals surface area contributed by atoms with Crippen molar-refractivity contribution in [1.29, 1.82) is 0 Å². The SMILES string of the molecule is CCOc1ccc(NC(=O)C(C)Sc2cccc(NC(=S)Nc3ccc(C)cc3)c2)cc1. The van der Waals surface area contributed by atoms with Crippen LogP contribution in [0.15, 0.2) is 77.7 Å². The van der Waals surface area contributed by atoms with Crippen molar-refractivity contribution in [2.45, 2.75) is 30.9 Å². The fraction of sp³-hybridized carbons (Fsp3) is 0.200. The summed E-state index contributed by atoms with van der Waals surface area (Å²) >= 11 is 6.91. The van der Waals surface area contributed by atoms with Crippen molar-refractivity contribution in [1.82, 2.24) is 0 Å². The van der Waals surface area contributed by atoms with Crippen LogP contribution >= 0.6 is 24.0 Å². The number of benzene rings is 3. The van der Waals surface area contributed by atoms with Crippen LogP contribution in [0.1, 0.15) is 19.4 Å². The standard InChI is InChI=1S/C25H27N3O2S2/c1-4-30-22-14-12-19(13-15-22)26-24(29)18(3)32-23-7-5-6-21(16-23)28-25(31)27-20-10-8-17(2)9-11-20/h5-16,18H,4H2,1-3H3,(H,26,29)(H2,27,28,31). The number of thiocarbonyl (C=S) groups is 1. The molecular weight excluding hydrogens is 438 g/mol. The Bertz CT molecular complexity index is 1050. The highest BCUT2D eigenvalue weighted by Crippen LogP contribution is 2.27. The second-order valence-electron chi connectivity index (χ2n) is 7.18. The maximum atomic E-state index is 12.6. The number of nitrogens with one attached hydrogen (secondary N) is 3. The number of rotatable bonds is 8. The first-order valence-corrected chi connectivity index (χ1v) is 11.7. The average molecular weight is 466 g/mol. The summed E-state index contributed by atoms with van der Waals surface area (Å²) in [6.07, 6.45) is 0. The lowest BCUT2D eigenvalue weighted by Crippen LogP contribution is -2.22. The minimum atomic E-state index is -0.269. The van der Waals surface area contributed by atoms with Gasteiger partial charge in [0.1, 0.15) is 5.75 Å². The zero-order chi connectivity index (χ0) is 22.9. The molecule has 1 unspecified atom stereocenters. The largest absolute Gasteiger partial charge is 0.494 e. The Labute approximate surface area is 199 Å². The summed E-state index contributed by atoms with van der Waals surface area (Å²) in [6, 6.07) is 23.2. The van der Waals surface area contributed by atoms with Gasteiger partial charge in [0.25, 0.3) is 0 Å². The van der Waals surface area contributed by atoms with Crippen molar-refractivity contribution >= 4 is 52.1 Å². The monoisotopic (exact) mass is 465 g/mol. The maximum Gasteiger partial charge on any atom is 0.237 e. The van der Waals surface area contributed by atoms with E-state index in [0.29, 0.717) is 11.7 Å². The topological polar surface area (TPSA) is 62.4 Å². The molecule has 1 atom stereocenters. The summed E-state index contributed by atoms with van der Waals surface area (Å²) in [7, 11) is 0. The molecule has 0 aliphatic rings. The van der Waals surface area contributed by atoms with Crippen LogP contribution in [-0.2, 0) is 4.79 Å². The molecule has 0 saturated carbocycles. The molecule has 3 aromatic carbocycles. The lowest BCUT2D eigenvalue weighted by Gasteiger charge is -2.14. The number of amides is 1. The molecule has 0 heterocycles. The van der Waals surface area contributed by atoms with E-state index < -0.39 is 0 Å². The van der Waals surface area contributed by atoms with E-state index in [1.165, 1.54) is 17.3 Å². The van der Waals surface area contributed by atoms with Crippen molar-refractivity contribution in [3.8, 4) is 5.75 Å². The van der Waals surface area contributed by atoms with Crippen LogP contribution in [0, 0.1) is 6.92 Å². The molecule has 0 saturated heterocycles. The van der Waals surface area contributed by atoms with E-state index in [-0.39, 0.29) is 11.2 Å². The zero-order valence-electron chi connectivity index (χ0n) is 18.3. The van der Waals surface area contributed by atoms with Gasteiger partial charge in [-0.1, -0.05) is 23.8 Å². The smallest absolute Gasteiger partial charge is 0.237 e. The van der Waals surface area contributed by atoms with Crippen LogP contribution in [0.3, 0.4) is 0 Å². The van der Waals surface area contributed by atoms with Crippen LogP contribution in [0.4, 0.5) is 17.1 Å². The molecule has 5 nitrogen and oxygen atoms in total. The molecule has 0 bridgehead atoms. The molecule has 0 fully saturated rings. The first-order chi connectivity index (χ1) is 15.4. The summed E-state index contributed by atoms with van der Waals surface area (Å²) in [6.45, 7) is 6.48. The maximum absolute atomic E-state index is 12.6. The number of hydrogen-bond acceptors (Lipinski definition) is 4. The minimum Gasteiger partial charge on any atom is -0.494 e.